The predicted molar refractivity (Wildman–Crippen MR) is 100 cm³/mol. The van der Waals surface area contributed by atoms with Gasteiger partial charge in [0, 0.05) is 30.9 Å². The molecule has 4 rings (SSSR count). The molecule has 0 atom stereocenters. The van der Waals surface area contributed by atoms with E-state index in [1.165, 1.54) is 10.9 Å². The molecule has 4 aromatic rings. The molecule has 0 unspecified atom stereocenters. The maximum atomic E-state index is 12.4. The number of rotatable bonds is 6. The highest BCUT2D eigenvalue weighted by molar-refractivity contribution is 5.78. The zero-order chi connectivity index (χ0) is 19.3. The number of pyridine rings is 1. The summed E-state index contributed by atoms with van der Waals surface area (Å²) in [6.07, 6.45) is 5.06. The van der Waals surface area contributed by atoms with Gasteiger partial charge in [0.25, 0.3) is 5.56 Å². The number of para-hydroxylation sites is 1. The Bertz CT molecular complexity index is 1170. The van der Waals surface area contributed by atoms with Gasteiger partial charge in [-0.3, -0.25) is 19.1 Å². The molecule has 28 heavy (non-hydrogen) atoms. The lowest BCUT2D eigenvalue weighted by Crippen LogP contribution is -2.33. The van der Waals surface area contributed by atoms with E-state index in [1.54, 1.807) is 36.7 Å². The van der Waals surface area contributed by atoms with Crippen molar-refractivity contribution in [1.82, 2.24) is 30.0 Å². The highest BCUT2D eigenvalue weighted by Gasteiger charge is 2.10. The molecule has 0 aliphatic heterocycles. The molecule has 140 valence electrons. The van der Waals surface area contributed by atoms with Crippen molar-refractivity contribution >= 4 is 16.8 Å². The van der Waals surface area contributed by atoms with Gasteiger partial charge in [-0.1, -0.05) is 17.3 Å². The van der Waals surface area contributed by atoms with Crippen molar-refractivity contribution in [1.29, 1.82) is 0 Å². The predicted octanol–water partition coefficient (Wildman–Crippen LogP) is 1.20. The van der Waals surface area contributed by atoms with Gasteiger partial charge in [-0.25, -0.2) is 4.98 Å². The molecule has 1 N–H and O–H groups in total. The minimum atomic E-state index is -0.300. The monoisotopic (exact) mass is 376 g/mol. The number of benzene rings is 1. The van der Waals surface area contributed by atoms with Crippen LogP contribution in [0.15, 0.2) is 64.4 Å². The Morgan fingerprint density at radius 2 is 2.07 bits per heavy atom. The van der Waals surface area contributed by atoms with E-state index >= 15 is 0 Å². The van der Waals surface area contributed by atoms with Crippen LogP contribution in [-0.2, 0) is 17.8 Å². The Hall–Kier alpha value is -3.88. The maximum absolute atomic E-state index is 12.4. The van der Waals surface area contributed by atoms with Gasteiger partial charge in [0.1, 0.15) is 6.54 Å². The van der Waals surface area contributed by atoms with Crippen molar-refractivity contribution < 1.29 is 9.32 Å². The van der Waals surface area contributed by atoms with Crippen LogP contribution in [0.3, 0.4) is 0 Å². The van der Waals surface area contributed by atoms with Crippen LogP contribution in [0.1, 0.15) is 5.89 Å². The van der Waals surface area contributed by atoms with Gasteiger partial charge in [0.05, 0.1) is 17.2 Å². The lowest BCUT2D eigenvalue weighted by molar-refractivity contribution is -0.121. The molecule has 1 amide bonds. The fourth-order valence-corrected chi connectivity index (χ4v) is 2.71. The van der Waals surface area contributed by atoms with Crippen LogP contribution in [0, 0.1) is 0 Å². The largest absolute Gasteiger partial charge is 0.354 e. The van der Waals surface area contributed by atoms with Crippen molar-refractivity contribution in [3.63, 3.8) is 0 Å². The maximum Gasteiger partial charge on any atom is 0.261 e. The summed E-state index contributed by atoms with van der Waals surface area (Å²) < 4.78 is 6.46. The van der Waals surface area contributed by atoms with Crippen LogP contribution in [0.25, 0.3) is 22.3 Å². The average molecular weight is 376 g/mol. The Morgan fingerprint density at radius 1 is 1.18 bits per heavy atom. The molecule has 3 aromatic heterocycles. The molecule has 1 aromatic carbocycles. The zero-order valence-electron chi connectivity index (χ0n) is 14.8. The first-order valence-corrected chi connectivity index (χ1v) is 8.64. The summed E-state index contributed by atoms with van der Waals surface area (Å²) in [6, 6.07) is 10.6. The van der Waals surface area contributed by atoms with Crippen molar-refractivity contribution in [3.8, 4) is 11.4 Å². The SMILES string of the molecule is O=C(Cn1cnc2ccccc2c1=O)NCCc1nc(-c2cccnc2)no1. The van der Waals surface area contributed by atoms with Gasteiger partial charge < -0.3 is 9.84 Å². The smallest absolute Gasteiger partial charge is 0.261 e. The van der Waals surface area contributed by atoms with E-state index in [0.29, 0.717) is 35.6 Å². The van der Waals surface area contributed by atoms with Gasteiger partial charge in [0.15, 0.2) is 0 Å². The first-order valence-electron chi connectivity index (χ1n) is 8.64. The lowest BCUT2D eigenvalue weighted by atomic mass is 10.2. The van der Waals surface area contributed by atoms with Crippen molar-refractivity contribution in [2.75, 3.05) is 6.54 Å². The third-order valence-electron chi connectivity index (χ3n) is 4.09. The fraction of sp³-hybridized carbons (Fsp3) is 0.158. The number of amides is 1. The minimum Gasteiger partial charge on any atom is -0.354 e. The van der Waals surface area contributed by atoms with Gasteiger partial charge in [-0.05, 0) is 24.3 Å². The van der Waals surface area contributed by atoms with Crippen LogP contribution >= 0.6 is 0 Å². The summed E-state index contributed by atoms with van der Waals surface area (Å²) in [5, 5.41) is 7.12. The quantitative estimate of drug-likeness (QED) is 0.537. The normalized spacial score (nSPS) is 10.9. The van der Waals surface area contributed by atoms with Crippen molar-refractivity contribution in [3.05, 3.63) is 71.4 Å². The van der Waals surface area contributed by atoms with E-state index in [0.717, 1.165) is 5.56 Å². The van der Waals surface area contributed by atoms with E-state index in [2.05, 4.69) is 25.4 Å². The minimum absolute atomic E-state index is 0.110. The molecule has 0 fully saturated rings. The molecule has 0 bridgehead atoms. The number of carbonyl (C=O) groups is 1. The highest BCUT2D eigenvalue weighted by atomic mass is 16.5. The summed E-state index contributed by atoms with van der Waals surface area (Å²) in [7, 11) is 0. The van der Waals surface area contributed by atoms with E-state index in [-0.39, 0.29) is 18.0 Å². The van der Waals surface area contributed by atoms with Crippen LogP contribution in [0.2, 0.25) is 0 Å². The second-order valence-corrected chi connectivity index (χ2v) is 6.05. The molecule has 0 radical (unpaired) electrons. The van der Waals surface area contributed by atoms with Crippen LogP contribution in [0.5, 0.6) is 0 Å². The van der Waals surface area contributed by atoms with Crippen molar-refractivity contribution in [2.24, 2.45) is 0 Å². The van der Waals surface area contributed by atoms with Crippen LogP contribution < -0.4 is 10.9 Å². The molecule has 9 heteroatoms. The number of hydrogen-bond donors (Lipinski definition) is 1. The molecule has 0 saturated heterocycles. The molecule has 0 aliphatic carbocycles. The standard InChI is InChI=1S/C19H16N6O3/c26-16(11-25-12-22-15-6-2-1-5-14(15)19(25)27)21-9-7-17-23-18(24-28-17)13-4-3-8-20-10-13/h1-6,8,10,12H,7,9,11H2,(H,21,26). The van der Waals surface area contributed by atoms with E-state index in [1.807, 2.05) is 12.1 Å². The summed E-state index contributed by atoms with van der Waals surface area (Å²) in [6.45, 7) is 0.199. The van der Waals surface area contributed by atoms with E-state index < -0.39 is 0 Å². The topological polar surface area (TPSA) is 116 Å². The third kappa shape index (κ3) is 3.78. The number of carbonyl (C=O) groups excluding carboxylic acids is 1. The molecular formula is C19H16N6O3. The Morgan fingerprint density at radius 3 is 2.93 bits per heavy atom. The fourth-order valence-electron chi connectivity index (χ4n) is 2.71. The second-order valence-electron chi connectivity index (χ2n) is 6.05. The summed E-state index contributed by atoms with van der Waals surface area (Å²) in [5.74, 6) is 0.554. The number of hydrogen-bond acceptors (Lipinski definition) is 7. The number of aromatic nitrogens is 5. The average Bonchev–Trinajstić information content (AvgIpc) is 3.20. The lowest BCUT2D eigenvalue weighted by Gasteiger charge is -2.07. The van der Waals surface area contributed by atoms with Gasteiger partial charge >= 0.3 is 0 Å². The zero-order valence-corrected chi connectivity index (χ0v) is 14.8. The first-order chi connectivity index (χ1) is 13.7. The molecular weight excluding hydrogens is 360 g/mol. The Kier molecular flexibility index (Phi) is 4.87. The Labute approximate surface area is 159 Å². The number of nitrogens with one attached hydrogen (secondary N) is 1. The highest BCUT2D eigenvalue weighted by Crippen LogP contribution is 2.13. The third-order valence-corrected chi connectivity index (χ3v) is 4.09. The van der Waals surface area contributed by atoms with Gasteiger partial charge in [0.2, 0.25) is 17.6 Å². The van der Waals surface area contributed by atoms with E-state index in [4.69, 9.17) is 4.52 Å². The van der Waals surface area contributed by atoms with Gasteiger partial charge in [-0.15, -0.1) is 0 Å². The summed E-state index contributed by atoms with van der Waals surface area (Å²) in [4.78, 5) is 37.0. The summed E-state index contributed by atoms with van der Waals surface area (Å²) in [5.41, 5.74) is 1.11. The second kappa shape index (κ2) is 7.78. The number of nitrogens with zero attached hydrogens (tertiary/aromatic N) is 5. The van der Waals surface area contributed by atoms with Crippen molar-refractivity contribution in [2.45, 2.75) is 13.0 Å². The molecule has 3 heterocycles. The van der Waals surface area contributed by atoms with Crippen LogP contribution in [-0.4, -0.2) is 37.1 Å². The Balaban J connectivity index is 1.34. The summed E-state index contributed by atoms with van der Waals surface area (Å²) >= 11 is 0. The molecule has 0 saturated carbocycles. The number of fused-ring (bicyclic) bond motifs is 1. The molecule has 9 nitrogen and oxygen atoms in total. The molecule has 0 spiro atoms. The molecule has 0 aliphatic rings. The first kappa shape index (κ1) is 17.5. The van der Waals surface area contributed by atoms with Crippen LogP contribution in [0.4, 0.5) is 0 Å². The van der Waals surface area contributed by atoms with E-state index in [9.17, 15) is 9.59 Å². The van der Waals surface area contributed by atoms with Gasteiger partial charge in [-0.2, -0.15) is 4.98 Å².